The average molecular weight is 567 g/mol. The van der Waals surface area contributed by atoms with Crippen molar-refractivity contribution in [1.29, 1.82) is 0 Å². The van der Waals surface area contributed by atoms with E-state index in [0.717, 1.165) is 74.0 Å². The van der Waals surface area contributed by atoms with Gasteiger partial charge < -0.3 is 9.80 Å². The Balaban J connectivity index is 0.997. The summed E-state index contributed by atoms with van der Waals surface area (Å²) in [6, 6.07) is 11.5. The van der Waals surface area contributed by atoms with Crippen LogP contribution in [0.5, 0.6) is 0 Å². The monoisotopic (exact) mass is 566 g/mol. The number of benzene rings is 2. The molecule has 2 aliphatic carbocycles. The Hall–Kier alpha value is -3.88. The quantitative estimate of drug-likeness (QED) is 0.387. The maximum atomic E-state index is 13.3. The van der Waals surface area contributed by atoms with E-state index in [-0.39, 0.29) is 23.6 Å². The molecule has 0 fully saturated rings. The molecule has 0 saturated carbocycles. The van der Waals surface area contributed by atoms with Crippen molar-refractivity contribution in [3.8, 4) is 0 Å². The fraction of sp³-hybridized carbons (Fsp3) is 0.412. The lowest BCUT2D eigenvalue weighted by molar-refractivity contribution is -0.124. The van der Waals surface area contributed by atoms with E-state index in [2.05, 4.69) is 16.7 Å². The Bertz CT molecular complexity index is 1520. The molecule has 0 N–H and O–H groups in total. The van der Waals surface area contributed by atoms with Gasteiger partial charge in [0.05, 0.1) is 0 Å². The number of carbonyl (C=O) groups is 4. The Morgan fingerprint density at radius 1 is 0.667 bits per heavy atom. The first-order chi connectivity index (χ1) is 20.4. The molecule has 0 bridgehead atoms. The zero-order valence-electron chi connectivity index (χ0n) is 24.5. The van der Waals surface area contributed by atoms with Crippen molar-refractivity contribution < 1.29 is 19.2 Å². The summed E-state index contributed by atoms with van der Waals surface area (Å²) in [6.45, 7) is 6.46. The molecule has 0 saturated heterocycles. The summed E-state index contributed by atoms with van der Waals surface area (Å²) in [5.74, 6) is -0.766. The second-order valence-electron chi connectivity index (χ2n) is 11.6. The Labute approximate surface area is 247 Å². The van der Waals surface area contributed by atoms with E-state index in [1.807, 2.05) is 55.6 Å². The molecule has 2 aromatic carbocycles. The second-order valence-corrected chi connectivity index (χ2v) is 11.6. The lowest BCUT2D eigenvalue weighted by atomic mass is 9.83. The van der Waals surface area contributed by atoms with Gasteiger partial charge in [-0.15, -0.1) is 0 Å². The van der Waals surface area contributed by atoms with Gasteiger partial charge in [-0.3, -0.25) is 29.0 Å². The van der Waals surface area contributed by atoms with Gasteiger partial charge in [-0.2, -0.15) is 0 Å². The number of likely N-dealkylation sites (N-methyl/N-ethyl adjacent to an activating group) is 2. The highest BCUT2D eigenvalue weighted by Crippen LogP contribution is 2.36. The maximum absolute atomic E-state index is 13.3. The number of imide groups is 2. The first-order valence-electron chi connectivity index (χ1n) is 15.2. The van der Waals surface area contributed by atoms with Crippen LogP contribution in [0.4, 0.5) is 0 Å². The van der Waals surface area contributed by atoms with Crippen molar-refractivity contribution in [2.24, 2.45) is 0 Å². The lowest BCUT2D eigenvalue weighted by Crippen LogP contribution is -2.46. The van der Waals surface area contributed by atoms with Gasteiger partial charge in [0.1, 0.15) is 0 Å². The third-order valence-electron chi connectivity index (χ3n) is 9.07. The fourth-order valence-electron chi connectivity index (χ4n) is 6.73. The summed E-state index contributed by atoms with van der Waals surface area (Å²) in [5.41, 5.74) is 6.45. The number of hydrogen-bond donors (Lipinski definition) is 0. The molecule has 0 spiro atoms. The van der Waals surface area contributed by atoms with Crippen LogP contribution < -0.4 is 0 Å². The zero-order chi connectivity index (χ0) is 29.4. The Morgan fingerprint density at radius 2 is 1.19 bits per heavy atom. The van der Waals surface area contributed by atoms with E-state index in [9.17, 15) is 19.2 Å². The molecule has 2 aromatic rings. The smallest absolute Gasteiger partial charge is 0.261 e. The summed E-state index contributed by atoms with van der Waals surface area (Å²) >= 11 is 0. The molecule has 0 unspecified atom stereocenters. The van der Waals surface area contributed by atoms with Crippen LogP contribution in [-0.4, -0.2) is 96.1 Å². The van der Waals surface area contributed by atoms with Crippen LogP contribution in [0.2, 0.25) is 0 Å². The molecular weight excluding hydrogens is 528 g/mol. The number of rotatable bonds is 11. The van der Waals surface area contributed by atoms with Crippen LogP contribution in [0.3, 0.4) is 0 Å². The van der Waals surface area contributed by atoms with Crippen LogP contribution >= 0.6 is 0 Å². The molecule has 0 aromatic heterocycles. The van der Waals surface area contributed by atoms with Crippen molar-refractivity contribution >= 4 is 34.8 Å². The number of hydrogen-bond acceptors (Lipinski definition) is 6. The van der Waals surface area contributed by atoms with Gasteiger partial charge in [-0.25, -0.2) is 0 Å². The molecule has 4 amide bonds. The summed E-state index contributed by atoms with van der Waals surface area (Å²) in [6.07, 6.45) is 8.21. The van der Waals surface area contributed by atoms with Crippen molar-refractivity contribution in [1.82, 2.24) is 19.6 Å². The molecule has 8 heteroatoms. The van der Waals surface area contributed by atoms with Gasteiger partial charge in [-0.1, -0.05) is 43.3 Å². The van der Waals surface area contributed by atoms with E-state index in [1.165, 1.54) is 9.80 Å². The highest BCUT2D eigenvalue weighted by Gasteiger charge is 2.38. The van der Waals surface area contributed by atoms with Crippen LogP contribution in [0, 0.1) is 0 Å². The third-order valence-corrected chi connectivity index (χ3v) is 9.07. The maximum Gasteiger partial charge on any atom is 0.261 e. The standard InChI is InChI=1S/C34H38N4O4/c1-3-36(20-22-38-33(41)27-15-6-11-24-12-7-16-28(30(24)27)34(38)42)18-8-17-35(2)19-21-37-31(39)25-13-4-9-23-10-5-14-26(29(23)25)32(37)40/h4,6,9,11,13-16H,3,5,7-8,10,12,17-22H2,1-2H3. The first-order valence-corrected chi connectivity index (χ1v) is 15.2. The first kappa shape index (κ1) is 28.2. The number of carbonyl (C=O) groups excluding carboxylic acids is 4. The summed E-state index contributed by atoms with van der Waals surface area (Å²) in [7, 11) is 2.01. The van der Waals surface area contributed by atoms with Crippen LogP contribution in [0.15, 0.2) is 48.6 Å². The summed E-state index contributed by atoms with van der Waals surface area (Å²) in [5, 5.41) is 0. The van der Waals surface area contributed by atoms with Gasteiger partial charge in [-0.05, 0) is 82.0 Å². The largest absolute Gasteiger partial charge is 0.305 e. The minimum absolute atomic E-state index is 0.180. The van der Waals surface area contributed by atoms with Crippen LogP contribution in [0.1, 0.15) is 69.2 Å². The highest BCUT2D eigenvalue weighted by atomic mass is 16.2. The van der Waals surface area contributed by atoms with Crippen molar-refractivity contribution in [2.75, 3.05) is 52.9 Å². The van der Waals surface area contributed by atoms with E-state index < -0.39 is 0 Å². The Kier molecular flexibility index (Phi) is 7.92. The number of amides is 4. The molecule has 6 rings (SSSR count). The van der Waals surface area contributed by atoms with E-state index in [1.54, 1.807) is 0 Å². The van der Waals surface area contributed by atoms with Gasteiger partial charge in [0.2, 0.25) is 0 Å². The predicted octanol–water partition coefficient (Wildman–Crippen LogP) is 3.65. The van der Waals surface area contributed by atoms with E-state index in [4.69, 9.17) is 0 Å². The highest BCUT2D eigenvalue weighted by molar-refractivity contribution is 6.32. The molecule has 4 aliphatic rings. The van der Waals surface area contributed by atoms with Crippen molar-refractivity contribution in [3.63, 3.8) is 0 Å². The van der Waals surface area contributed by atoms with Crippen molar-refractivity contribution in [2.45, 2.75) is 39.0 Å². The van der Waals surface area contributed by atoms with Gasteiger partial charge in [0, 0.05) is 59.6 Å². The normalized spacial score (nSPS) is 17.5. The second kappa shape index (κ2) is 11.8. The molecule has 2 aliphatic heterocycles. The average Bonchev–Trinajstić information content (AvgIpc) is 3.01. The molecule has 8 nitrogen and oxygen atoms in total. The topological polar surface area (TPSA) is 81.2 Å². The molecule has 0 radical (unpaired) electrons. The van der Waals surface area contributed by atoms with E-state index >= 15 is 0 Å². The summed E-state index contributed by atoms with van der Waals surface area (Å²) in [4.78, 5) is 60.1. The van der Waals surface area contributed by atoms with Crippen LogP contribution in [-0.2, 0) is 22.4 Å². The number of allylic oxidation sites excluding steroid dienone is 2. The number of aryl methyl sites for hydroxylation is 2. The minimum atomic E-state index is -0.203. The molecule has 0 atom stereocenters. The molecule has 42 heavy (non-hydrogen) atoms. The van der Waals surface area contributed by atoms with E-state index in [0.29, 0.717) is 48.5 Å². The Morgan fingerprint density at radius 3 is 1.71 bits per heavy atom. The molecule has 2 heterocycles. The third kappa shape index (κ3) is 5.03. The minimum Gasteiger partial charge on any atom is -0.305 e. The zero-order valence-corrected chi connectivity index (χ0v) is 24.5. The predicted molar refractivity (Wildman–Crippen MR) is 162 cm³/mol. The number of nitrogens with zero attached hydrogens (tertiary/aromatic N) is 4. The lowest BCUT2D eigenvalue weighted by Gasteiger charge is -2.33. The van der Waals surface area contributed by atoms with Crippen molar-refractivity contribution in [3.05, 3.63) is 81.9 Å². The molecule has 218 valence electrons. The van der Waals surface area contributed by atoms with Gasteiger partial charge >= 0.3 is 0 Å². The van der Waals surface area contributed by atoms with Gasteiger partial charge in [0.15, 0.2) is 0 Å². The summed E-state index contributed by atoms with van der Waals surface area (Å²) < 4.78 is 0. The molecular formula is C34H38N4O4. The van der Waals surface area contributed by atoms with Crippen LogP contribution in [0.25, 0.3) is 11.1 Å². The fourth-order valence-corrected chi connectivity index (χ4v) is 6.73. The van der Waals surface area contributed by atoms with Gasteiger partial charge in [0.25, 0.3) is 23.6 Å². The SMILES string of the molecule is CCN(CCCN(C)CCN1C(=O)C2=CCCc3cccc(c32)C1=O)CCN1C(=O)C2=CCCc3cccc(c32)C1=O.